The van der Waals surface area contributed by atoms with Crippen molar-refractivity contribution in [3.63, 3.8) is 0 Å². The number of halogens is 7. The quantitative estimate of drug-likeness (QED) is 0.502. The molecule has 2 heterocycles. The van der Waals surface area contributed by atoms with Crippen molar-refractivity contribution in [2.45, 2.75) is 37.3 Å². The molecule has 2 unspecified atom stereocenters. The predicted molar refractivity (Wildman–Crippen MR) is 122 cm³/mol. The molecule has 2 aliphatic rings. The average Bonchev–Trinajstić information content (AvgIpc) is 3.22. The van der Waals surface area contributed by atoms with Crippen LogP contribution in [0.3, 0.4) is 0 Å². The molecule has 6 nitrogen and oxygen atoms in total. The Labute approximate surface area is 212 Å². The van der Waals surface area contributed by atoms with Gasteiger partial charge in [-0.1, -0.05) is 34.4 Å². The molecule has 0 aromatic heterocycles. The molecule has 0 aliphatic carbocycles. The first kappa shape index (κ1) is 26.6. The largest absolute Gasteiger partial charge is 0.435 e. The van der Waals surface area contributed by atoms with Gasteiger partial charge in [0.2, 0.25) is 0 Å². The Morgan fingerprint density at radius 3 is 2.39 bits per heavy atom. The highest BCUT2D eigenvalue weighted by Crippen LogP contribution is 2.49. The molecular weight excluding hydrogens is 532 g/mol. The topological polar surface area (TPSA) is 74.2 Å². The minimum absolute atomic E-state index is 0.00705. The number of nitrogens with one attached hydrogen (secondary N) is 1. The van der Waals surface area contributed by atoms with E-state index in [1.54, 1.807) is 6.92 Å². The van der Waals surface area contributed by atoms with Crippen molar-refractivity contribution in [1.82, 2.24) is 10.2 Å². The van der Waals surface area contributed by atoms with Crippen LogP contribution in [0.25, 0.3) is 0 Å². The maximum absolute atomic E-state index is 14.2. The third kappa shape index (κ3) is 5.15. The van der Waals surface area contributed by atoms with Crippen LogP contribution in [0, 0.1) is 6.92 Å². The summed E-state index contributed by atoms with van der Waals surface area (Å²) in [6.07, 6.45) is -6.76. The average molecular weight is 552 g/mol. The Morgan fingerprint density at radius 1 is 1.19 bits per heavy atom. The highest BCUT2D eigenvalue weighted by atomic mass is 35.5. The number of rotatable bonds is 6. The van der Waals surface area contributed by atoms with Gasteiger partial charge < -0.3 is 15.3 Å². The van der Waals surface area contributed by atoms with E-state index in [1.807, 2.05) is 0 Å². The van der Waals surface area contributed by atoms with Gasteiger partial charge in [-0.2, -0.15) is 13.2 Å². The summed E-state index contributed by atoms with van der Waals surface area (Å²) in [7, 11) is 0. The summed E-state index contributed by atoms with van der Waals surface area (Å²) in [5, 5.41) is 16.1. The molecule has 0 bridgehead atoms. The molecule has 0 saturated carbocycles. The molecule has 36 heavy (non-hydrogen) atoms. The minimum Gasteiger partial charge on any atom is -0.376 e. The van der Waals surface area contributed by atoms with Gasteiger partial charge in [0.25, 0.3) is 17.4 Å². The first-order valence-electron chi connectivity index (χ1n) is 10.7. The zero-order chi connectivity index (χ0) is 26.5. The third-order valence-corrected chi connectivity index (χ3v) is 6.49. The molecule has 2 aromatic rings. The van der Waals surface area contributed by atoms with Gasteiger partial charge in [0.15, 0.2) is 0 Å². The molecule has 2 atom stereocenters. The number of carbonyl (C=O) groups excluding carboxylic acids is 1. The van der Waals surface area contributed by atoms with Crippen LogP contribution in [0.2, 0.25) is 10.0 Å². The van der Waals surface area contributed by atoms with Gasteiger partial charge in [-0.3, -0.25) is 9.69 Å². The number of oxime groups is 1. The van der Waals surface area contributed by atoms with Crippen LogP contribution in [0.5, 0.6) is 0 Å². The van der Waals surface area contributed by atoms with Gasteiger partial charge >= 0.3 is 6.18 Å². The van der Waals surface area contributed by atoms with Crippen LogP contribution in [0.4, 0.5) is 22.0 Å². The van der Waals surface area contributed by atoms with E-state index in [0.29, 0.717) is 11.1 Å². The maximum atomic E-state index is 14.2. The van der Waals surface area contributed by atoms with E-state index in [9.17, 15) is 31.9 Å². The molecule has 0 radical (unpaired) electrons. The molecule has 4 rings (SSSR count). The fourth-order valence-electron chi connectivity index (χ4n) is 4.11. The summed E-state index contributed by atoms with van der Waals surface area (Å²) in [5.41, 5.74) is -2.14. The fraction of sp³-hybridized carbons (Fsp3) is 0.391. The Morgan fingerprint density at radius 2 is 1.83 bits per heavy atom. The highest BCUT2D eigenvalue weighted by molar-refractivity contribution is 6.34. The van der Waals surface area contributed by atoms with Crippen LogP contribution in [-0.2, 0) is 10.4 Å². The number of likely N-dealkylation sites (tertiary alicyclic amines) is 1. The summed E-state index contributed by atoms with van der Waals surface area (Å²) in [6, 6.07) is 7.85. The van der Waals surface area contributed by atoms with Crippen LogP contribution < -0.4 is 5.32 Å². The summed E-state index contributed by atoms with van der Waals surface area (Å²) in [5.74, 6) is -3.43. The third-order valence-electron chi connectivity index (χ3n) is 6.05. The van der Waals surface area contributed by atoms with Crippen molar-refractivity contribution in [2.24, 2.45) is 5.16 Å². The number of benzene rings is 2. The molecule has 1 saturated heterocycles. The van der Waals surface area contributed by atoms with Gasteiger partial charge in [0, 0.05) is 27.6 Å². The van der Waals surface area contributed by atoms with E-state index in [4.69, 9.17) is 28.0 Å². The lowest BCUT2D eigenvalue weighted by Crippen LogP contribution is -2.62. The van der Waals surface area contributed by atoms with Gasteiger partial charge in [-0.05, 0) is 48.4 Å². The molecule has 2 aliphatic heterocycles. The first-order chi connectivity index (χ1) is 16.7. The number of carbonyl (C=O) groups is 1. The fourth-order valence-corrected chi connectivity index (χ4v) is 4.64. The van der Waals surface area contributed by atoms with Gasteiger partial charge in [0.1, 0.15) is 6.23 Å². The van der Waals surface area contributed by atoms with Crippen LogP contribution in [0.1, 0.15) is 33.5 Å². The number of hydrogen-bond donors (Lipinski definition) is 2. The van der Waals surface area contributed by atoms with Gasteiger partial charge in [-0.25, -0.2) is 8.78 Å². The molecule has 13 heteroatoms. The minimum atomic E-state index is -4.84. The second kappa shape index (κ2) is 9.44. The second-order valence-electron chi connectivity index (χ2n) is 8.77. The van der Waals surface area contributed by atoms with Crippen LogP contribution in [0.15, 0.2) is 41.6 Å². The summed E-state index contributed by atoms with van der Waals surface area (Å²) < 4.78 is 68.4. The first-order valence-corrected chi connectivity index (χ1v) is 11.4. The van der Waals surface area contributed by atoms with E-state index in [-0.39, 0.29) is 33.4 Å². The number of aryl methyl sites for hydroxylation is 1. The molecule has 2 N–H and O–H groups in total. The molecular formula is C23H20Cl2F5N3O3. The van der Waals surface area contributed by atoms with E-state index in [1.165, 1.54) is 24.3 Å². The second-order valence-corrected chi connectivity index (χ2v) is 9.64. The molecule has 1 fully saturated rings. The van der Waals surface area contributed by atoms with Crippen molar-refractivity contribution >= 4 is 34.8 Å². The Bertz CT molecular complexity index is 1200. The maximum Gasteiger partial charge on any atom is 0.435 e. The Hall–Kier alpha value is -2.47. The van der Waals surface area contributed by atoms with Crippen molar-refractivity contribution in [2.75, 3.05) is 19.6 Å². The highest BCUT2D eigenvalue weighted by Gasteiger charge is 2.62. The molecule has 2 aromatic carbocycles. The number of alkyl halides is 5. The lowest BCUT2D eigenvalue weighted by atomic mass is 9.86. The van der Waals surface area contributed by atoms with E-state index < -0.39 is 49.3 Å². The SMILES string of the molecule is Cc1cc(C2=NOC(c3cc(Cl)cc(Cl)c3)(C(F)(F)F)C2)ccc1C(=O)NCC(O)N1CC(F)(F)C1. The van der Waals surface area contributed by atoms with E-state index >= 15 is 0 Å². The lowest BCUT2D eigenvalue weighted by molar-refractivity contribution is -0.275. The Balaban J connectivity index is 1.48. The standard InChI is InChI=1S/C23H20Cl2F5N3O3/c1-12-4-13(2-3-17(12)20(35)31-9-19(34)33-10-21(26,27)11-33)18-8-22(36-32-18,23(28,29)30)14-5-15(24)7-16(25)6-14/h2-7,19,34H,8-11H2,1H3,(H,31,35). The number of amides is 1. The van der Waals surface area contributed by atoms with Gasteiger partial charge in [0.05, 0.1) is 25.3 Å². The molecule has 0 spiro atoms. The van der Waals surface area contributed by atoms with Gasteiger partial charge in [-0.15, -0.1) is 0 Å². The molecule has 1 amide bonds. The predicted octanol–water partition coefficient (Wildman–Crippen LogP) is 4.88. The van der Waals surface area contributed by atoms with Crippen molar-refractivity contribution in [3.8, 4) is 0 Å². The van der Waals surface area contributed by atoms with Crippen LogP contribution >= 0.6 is 23.2 Å². The monoisotopic (exact) mass is 551 g/mol. The molecule has 194 valence electrons. The Kier molecular flexibility index (Phi) is 6.97. The smallest absolute Gasteiger partial charge is 0.376 e. The normalized spacial score (nSPS) is 22.4. The van der Waals surface area contributed by atoms with Crippen LogP contribution in [-0.4, -0.2) is 59.6 Å². The lowest BCUT2D eigenvalue weighted by Gasteiger charge is -2.41. The van der Waals surface area contributed by atoms with Crippen molar-refractivity contribution in [1.29, 1.82) is 0 Å². The number of aliphatic hydroxyl groups excluding tert-OH is 1. The van der Waals surface area contributed by atoms with E-state index in [2.05, 4.69) is 10.5 Å². The zero-order valence-electron chi connectivity index (χ0n) is 18.7. The van der Waals surface area contributed by atoms with E-state index in [0.717, 1.165) is 17.0 Å². The van der Waals surface area contributed by atoms with Crippen molar-refractivity contribution < 1.29 is 36.7 Å². The summed E-state index contributed by atoms with van der Waals surface area (Å²) in [4.78, 5) is 18.6. The summed E-state index contributed by atoms with van der Waals surface area (Å²) in [6.45, 7) is 0.118. The number of aliphatic hydroxyl groups is 1. The summed E-state index contributed by atoms with van der Waals surface area (Å²) >= 11 is 11.8. The van der Waals surface area contributed by atoms with Crippen molar-refractivity contribution in [3.05, 3.63) is 68.7 Å². The number of hydrogen-bond acceptors (Lipinski definition) is 5. The number of nitrogens with zero attached hydrogens (tertiary/aromatic N) is 2. The zero-order valence-corrected chi connectivity index (χ0v) is 20.2.